The number of hydrogen-bond acceptors (Lipinski definition) is 5. The van der Waals surface area contributed by atoms with E-state index in [0.717, 1.165) is 11.6 Å². The van der Waals surface area contributed by atoms with E-state index in [1.165, 1.54) is 18.2 Å². The monoisotopic (exact) mass is 367 g/mol. The van der Waals surface area contributed by atoms with Crippen LogP contribution >= 0.6 is 0 Å². The standard InChI is InChI=1S/C20H17NO6/c1-12-2-5-14(6-3-12)26-11-15-7-9-18(27-15)19(23)21-13-4-8-16(20(24)25)17(22)10-13/h2-10,22H,11H2,1H3,(H,21,23)(H,24,25). The van der Waals surface area contributed by atoms with Gasteiger partial charge in [-0.1, -0.05) is 17.7 Å². The van der Waals surface area contributed by atoms with E-state index in [1.807, 2.05) is 31.2 Å². The van der Waals surface area contributed by atoms with Crippen LogP contribution < -0.4 is 10.1 Å². The molecule has 0 unspecified atom stereocenters. The van der Waals surface area contributed by atoms with Gasteiger partial charge in [-0.3, -0.25) is 4.79 Å². The molecule has 3 N–H and O–H groups in total. The largest absolute Gasteiger partial charge is 0.507 e. The van der Waals surface area contributed by atoms with Gasteiger partial charge in [0.25, 0.3) is 5.91 Å². The second kappa shape index (κ2) is 7.65. The number of rotatable bonds is 6. The Hall–Kier alpha value is -3.74. The zero-order valence-electron chi connectivity index (χ0n) is 14.4. The molecule has 138 valence electrons. The normalized spacial score (nSPS) is 10.4. The minimum absolute atomic E-state index is 0.0688. The number of aromatic hydroxyl groups is 1. The molecule has 27 heavy (non-hydrogen) atoms. The molecule has 0 aliphatic carbocycles. The number of carboxylic acids is 1. The van der Waals surface area contributed by atoms with Gasteiger partial charge in [-0.15, -0.1) is 0 Å². The topological polar surface area (TPSA) is 109 Å². The van der Waals surface area contributed by atoms with Crippen LogP contribution in [0.1, 0.15) is 32.2 Å². The number of phenols is 1. The van der Waals surface area contributed by atoms with Gasteiger partial charge in [0.2, 0.25) is 0 Å². The maximum atomic E-state index is 12.2. The Bertz CT molecular complexity index is 974. The number of nitrogens with one attached hydrogen (secondary N) is 1. The predicted octanol–water partition coefficient (Wildman–Crippen LogP) is 3.82. The van der Waals surface area contributed by atoms with E-state index in [4.69, 9.17) is 14.3 Å². The average Bonchev–Trinajstić information content (AvgIpc) is 3.10. The van der Waals surface area contributed by atoms with Crippen molar-refractivity contribution in [2.24, 2.45) is 0 Å². The highest BCUT2D eigenvalue weighted by Gasteiger charge is 2.14. The number of carbonyl (C=O) groups excluding carboxylic acids is 1. The van der Waals surface area contributed by atoms with Crippen molar-refractivity contribution >= 4 is 17.6 Å². The number of carboxylic acid groups (broad SMARTS) is 1. The van der Waals surface area contributed by atoms with Crippen molar-refractivity contribution in [2.75, 3.05) is 5.32 Å². The number of aromatic carboxylic acids is 1. The van der Waals surface area contributed by atoms with E-state index in [-0.39, 0.29) is 23.6 Å². The lowest BCUT2D eigenvalue weighted by molar-refractivity contribution is 0.0693. The fourth-order valence-corrected chi connectivity index (χ4v) is 2.35. The van der Waals surface area contributed by atoms with Gasteiger partial charge < -0.3 is 24.7 Å². The first-order valence-electron chi connectivity index (χ1n) is 8.08. The number of carbonyl (C=O) groups is 2. The van der Waals surface area contributed by atoms with E-state index >= 15 is 0 Å². The summed E-state index contributed by atoms with van der Waals surface area (Å²) in [6.45, 7) is 2.15. The predicted molar refractivity (Wildman–Crippen MR) is 97.2 cm³/mol. The van der Waals surface area contributed by atoms with E-state index in [1.54, 1.807) is 6.07 Å². The minimum Gasteiger partial charge on any atom is -0.507 e. The van der Waals surface area contributed by atoms with Crippen molar-refractivity contribution in [1.29, 1.82) is 0 Å². The Morgan fingerprint density at radius 1 is 1.07 bits per heavy atom. The van der Waals surface area contributed by atoms with Crippen LogP contribution in [0.2, 0.25) is 0 Å². The highest BCUT2D eigenvalue weighted by Crippen LogP contribution is 2.23. The summed E-state index contributed by atoms with van der Waals surface area (Å²) < 4.78 is 11.1. The third-order valence-electron chi connectivity index (χ3n) is 3.77. The fourth-order valence-electron chi connectivity index (χ4n) is 2.35. The first-order chi connectivity index (χ1) is 12.9. The summed E-state index contributed by atoms with van der Waals surface area (Å²) in [6, 6.07) is 14.4. The summed E-state index contributed by atoms with van der Waals surface area (Å²) in [5.41, 5.74) is 1.12. The van der Waals surface area contributed by atoms with Gasteiger partial charge in [-0.25, -0.2) is 4.79 Å². The number of aryl methyl sites for hydroxylation is 1. The Kier molecular flexibility index (Phi) is 5.12. The highest BCUT2D eigenvalue weighted by molar-refractivity contribution is 6.02. The van der Waals surface area contributed by atoms with Crippen molar-refractivity contribution in [2.45, 2.75) is 13.5 Å². The van der Waals surface area contributed by atoms with Crippen LogP contribution in [0.5, 0.6) is 11.5 Å². The molecule has 7 nitrogen and oxygen atoms in total. The zero-order valence-corrected chi connectivity index (χ0v) is 14.4. The van der Waals surface area contributed by atoms with Crippen LogP contribution in [0.3, 0.4) is 0 Å². The molecule has 0 bridgehead atoms. The van der Waals surface area contributed by atoms with E-state index in [9.17, 15) is 14.7 Å². The van der Waals surface area contributed by atoms with Gasteiger partial charge >= 0.3 is 5.97 Å². The molecular weight excluding hydrogens is 350 g/mol. The third-order valence-corrected chi connectivity index (χ3v) is 3.77. The van der Waals surface area contributed by atoms with Gasteiger partial charge in [0, 0.05) is 11.8 Å². The molecule has 0 saturated carbocycles. The molecular formula is C20H17NO6. The summed E-state index contributed by atoms with van der Waals surface area (Å²) in [6.07, 6.45) is 0. The third kappa shape index (κ3) is 4.46. The second-order valence-electron chi connectivity index (χ2n) is 5.86. The van der Waals surface area contributed by atoms with Crippen molar-refractivity contribution in [1.82, 2.24) is 0 Å². The molecule has 1 amide bonds. The van der Waals surface area contributed by atoms with E-state index in [2.05, 4.69) is 5.32 Å². The SMILES string of the molecule is Cc1ccc(OCc2ccc(C(=O)Nc3ccc(C(=O)O)c(O)c3)o2)cc1. The van der Waals surface area contributed by atoms with Gasteiger partial charge in [0.05, 0.1) is 0 Å². The van der Waals surface area contributed by atoms with Crippen LogP contribution in [0.4, 0.5) is 5.69 Å². The molecule has 3 aromatic rings. The van der Waals surface area contributed by atoms with E-state index in [0.29, 0.717) is 11.5 Å². The summed E-state index contributed by atoms with van der Waals surface area (Å²) in [5, 5.41) is 21.1. The quantitative estimate of drug-likeness (QED) is 0.611. The molecule has 2 aromatic carbocycles. The van der Waals surface area contributed by atoms with Crippen molar-refractivity contribution in [3.63, 3.8) is 0 Å². The molecule has 7 heteroatoms. The van der Waals surface area contributed by atoms with E-state index < -0.39 is 17.6 Å². The second-order valence-corrected chi connectivity index (χ2v) is 5.86. The lowest BCUT2D eigenvalue weighted by atomic mass is 10.2. The molecule has 0 saturated heterocycles. The Balaban J connectivity index is 1.62. The summed E-state index contributed by atoms with van der Waals surface area (Å²) in [5.74, 6) is -0.985. The summed E-state index contributed by atoms with van der Waals surface area (Å²) in [7, 11) is 0. The van der Waals surface area contributed by atoms with Gasteiger partial charge in [0.1, 0.15) is 29.4 Å². The molecule has 0 fully saturated rings. The van der Waals surface area contributed by atoms with Gasteiger partial charge in [-0.05, 0) is 43.3 Å². The van der Waals surface area contributed by atoms with Crippen LogP contribution in [0, 0.1) is 6.92 Å². The number of ether oxygens (including phenoxy) is 1. The Morgan fingerprint density at radius 3 is 2.48 bits per heavy atom. The number of anilines is 1. The fraction of sp³-hybridized carbons (Fsp3) is 0.100. The summed E-state index contributed by atoms with van der Waals surface area (Å²) in [4.78, 5) is 23.1. The number of amides is 1. The Labute approximate surface area is 154 Å². The van der Waals surface area contributed by atoms with Crippen LogP contribution in [0.25, 0.3) is 0 Å². The molecule has 0 spiro atoms. The maximum absolute atomic E-state index is 12.2. The molecule has 3 rings (SSSR count). The van der Waals surface area contributed by atoms with Crippen molar-refractivity contribution in [3.05, 3.63) is 77.2 Å². The first-order valence-corrected chi connectivity index (χ1v) is 8.08. The van der Waals surface area contributed by atoms with Crippen LogP contribution in [-0.4, -0.2) is 22.1 Å². The summed E-state index contributed by atoms with van der Waals surface area (Å²) >= 11 is 0. The van der Waals surface area contributed by atoms with Gasteiger partial charge in [-0.2, -0.15) is 0 Å². The molecule has 1 heterocycles. The van der Waals surface area contributed by atoms with Crippen molar-refractivity contribution < 1.29 is 29.0 Å². The first kappa shape index (κ1) is 18.1. The number of furan rings is 1. The Morgan fingerprint density at radius 2 is 1.81 bits per heavy atom. The molecule has 0 aliphatic rings. The maximum Gasteiger partial charge on any atom is 0.339 e. The molecule has 0 aliphatic heterocycles. The molecule has 1 aromatic heterocycles. The molecule has 0 radical (unpaired) electrons. The lowest BCUT2D eigenvalue weighted by Crippen LogP contribution is -2.11. The minimum atomic E-state index is -1.25. The highest BCUT2D eigenvalue weighted by atomic mass is 16.5. The zero-order chi connectivity index (χ0) is 19.4. The van der Waals surface area contributed by atoms with Crippen LogP contribution in [-0.2, 0) is 6.61 Å². The number of hydrogen-bond donors (Lipinski definition) is 3. The van der Waals surface area contributed by atoms with Gasteiger partial charge in [0.15, 0.2) is 5.76 Å². The lowest BCUT2D eigenvalue weighted by Gasteiger charge is -2.06. The van der Waals surface area contributed by atoms with Crippen molar-refractivity contribution in [3.8, 4) is 11.5 Å². The smallest absolute Gasteiger partial charge is 0.339 e. The number of benzene rings is 2. The average molecular weight is 367 g/mol. The van der Waals surface area contributed by atoms with Crippen LogP contribution in [0.15, 0.2) is 59.0 Å². The molecule has 0 atom stereocenters.